The first kappa shape index (κ1) is 13.7. The number of carboxylic acids is 1. The fourth-order valence-corrected chi connectivity index (χ4v) is 2.82. The highest BCUT2D eigenvalue weighted by atomic mass is 35.5. The first-order valence-corrected chi connectivity index (χ1v) is 7.02. The maximum Gasteiger partial charge on any atom is 0.335 e. The van der Waals surface area contributed by atoms with Crippen LogP contribution in [0.15, 0.2) is 60.7 Å². The van der Waals surface area contributed by atoms with Crippen LogP contribution in [0, 0.1) is 0 Å². The average Bonchev–Trinajstić information content (AvgIpc) is 2.49. The van der Waals surface area contributed by atoms with Gasteiger partial charge in [0.25, 0.3) is 0 Å². The lowest BCUT2D eigenvalue weighted by Gasteiger charge is -2.10. The molecule has 0 fully saturated rings. The zero-order valence-electron chi connectivity index (χ0n) is 11.2. The van der Waals surface area contributed by atoms with E-state index in [-0.39, 0.29) is 0 Å². The monoisotopic (exact) mass is 296 g/mol. The van der Waals surface area contributed by atoms with Gasteiger partial charge >= 0.3 is 5.97 Å². The van der Waals surface area contributed by atoms with Crippen LogP contribution in [-0.2, 0) is 6.42 Å². The molecule has 0 amide bonds. The number of aromatic carboxylic acids is 1. The molecule has 0 heterocycles. The van der Waals surface area contributed by atoms with Crippen LogP contribution in [-0.4, -0.2) is 11.1 Å². The zero-order valence-corrected chi connectivity index (χ0v) is 12.0. The van der Waals surface area contributed by atoms with Gasteiger partial charge in [-0.05, 0) is 35.1 Å². The maximum absolute atomic E-state index is 11.3. The molecule has 0 aliphatic rings. The van der Waals surface area contributed by atoms with Crippen LogP contribution in [0.4, 0.5) is 0 Å². The van der Waals surface area contributed by atoms with E-state index < -0.39 is 5.97 Å². The van der Waals surface area contributed by atoms with Crippen LogP contribution in [0.25, 0.3) is 10.8 Å². The number of rotatable bonds is 3. The van der Waals surface area contributed by atoms with E-state index in [1.54, 1.807) is 12.1 Å². The van der Waals surface area contributed by atoms with Crippen molar-refractivity contribution in [2.45, 2.75) is 6.42 Å². The molecule has 3 rings (SSSR count). The molecular formula is C18H13ClO2. The van der Waals surface area contributed by atoms with E-state index >= 15 is 0 Å². The van der Waals surface area contributed by atoms with Crippen LogP contribution in [0.2, 0.25) is 5.02 Å². The summed E-state index contributed by atoms with van der Waals surface area (Å²) in [5.41, 5.74) is 2.22. The zero-order chi connectivity index (χ0) is 14.8. The summed E-state index contributed by atoms with van der Waals surface area (Å²) >= 11 is 6.22. The predicted octanol–water partition coefficient (Wildman–Crippen LogP) is 4.78. The van der Waals surface area contributed by atoms with Crippen LogP contribution in [0.3, 0.4) is 0 Å². The smallest absolute Gasteiger partial charge is 0.335 e. The highest BCUT2D eigenvalue weighted by Crippen LogP contribution is 2.27. The van der Waals surface area contributed by atoms with Crippen LogP contribution in [0.1, 0.15) is 21.5 Å². The van der Waals surface area contributed by atoms with E-state index in [0.29, 0.717) is 17.0 Å². The summed E-state index contributed by atoms with van der Waals surface area (Å²) < 4.78 is 0. The van der Waals surface area contributed by atoms with Gasteiger partial charge in [0.15, 0.2) is 0 Å². The second kappa shape index (κ2) is 5.58. The fraction of sp³-hybridized carbons (Fsp3) is 0.0556. The fourth-order valence-electron chi connectivity index (χ4n) is 2.58. The second-order valence-corrected chi connectivity index (χ2v) is 5.30. The topological polar surface area (TPSA) is 37.3 Å². The molecule has 0 saturated carbocycles. The third kappa shape index (κ3) is 2.63. The van der Waals surface area contributed by atoms with Gasteiger partial charge in [-0.1, -0.05) is 60.1 Å². The van der Waals surface area contributed by atoms with Crippen molar-refractivity contribution in [3.8, 4) is 0 Å². The summed E-state index contributed by atoms with van der Waals surface area (Å²) in [5, 5.41) is 12.0. The summed E-state index contributed by atoms with van der Waals surface area (Å²) in [6.07, 6.45) is 0.570. The lowest BCUT2D eigenvalue weighted by Crippen LogP contribution is -2.03. The quantitative estimate of drug-likeness (QED) is 0.755. The summed E-state index contributed by atoms with van der Waals surface area (Å²) in [6.45, 7) is 0. The number of halogens is 1. The largest absolute Gasteiger partial charge is 0.478 e. The molecule has 0 aliphatic heterocycles. The van der Waals surface area contributed by atoms with Gasteiger partial charge in [0.1, 0.15) is 0 Å². The molecule has 104 valence electrons. The minimum Gasteiger partial charge on any atom is -0.478 e. The summed E-state index contributed by atoms with van der Waals surface area (Å²) in [7, 11) is 0. The first-order valence-electron chi connectivity index (χ1n) is 6.64. The molecule has 1 N–H and O–H groups in total. The molecule has 2 nitrogen and oxygen atoms in total. The van der Waals surface area contributed by atoms with Gasteiger partial charge in [-0.25, -0.2) is 4.79 Å². The van der Waals surface area contributed by atoms with E-state index in [1.807, 2.05) is 48.5 Å². The van der Waals surface area contributed by atoms with Crippen molar-refractivity contribution in [2.24, 2.45) is 0 Å². The van der Waals surface area contributed by atoms with E-state index in [4.69, 9.17) is 11.6 Å². The molecule has 3 aromatic rings. The minimum absolute atomic E-state index is 0.344. The van der Waals surface area contributed by atoms with Crippen LogP contribution < -0.4 is 0 Å². The van der Waals surface area contributed by atoms with Crippen LogP contribution in [0.5, 0.6) is 0 Å². The Morgan fingerprint density at radius 1 is 0.857 bits per heavy atom. The Morgan fingerprint density at radius 3 is 2.33 bits per heavy atom. The lowest BCUT2D eigenvalue weighted by atomic mass is 9.96. The summed E-state index contributed by atoms with van der Waals surface area (Å²) in [4.78, 5) is 11.3. The number of hydrogen-bond acceptors (Lipinski definition) is 1. The van der Waals surface area contributed by atoms with Gasteiger partial charge in [0.2, 0.25) is 0 Å². The van der Waals surface area contributed by atoms with E-state index in [1.165, 1.54) is 0 Å². The lowest BCUT2D eigenvalue weighted by molar-refractivity contribution is 0.0696. The number of carbonyl (C=O) groups is 1. The van der Waals surface area contributed by atoms with Crippen molar-refractivity contribution >= 4 is 28.3 Å². The van der Waals surface area contributed by atoms with E-state index in [9.17, 15) is 9.90 Å². The van der Waals surface area contributed by atoms with Gasteiger partial charge in [-0.3, -0.25) is 0 Å². The standard InChI is InChI=1S/C18H13ClO2/c19-17-10-4-8-14-12(6-3-9-16(14)17)11-13-5-1-2-7-15(13)18(20)21/h1-10H,11H2,(H,20,21). The molecule has 0 radical (unpaired) electrons. The number of benzene rings is 3. The predicted molar refractivity (Wildman–Crippen MR) is 85.2 cm³/mol. The van der Waals surface area contributed by atoms with Crippen molar-refractivity contribution in [3.63, 3.8) is 0 Å². The highest BCUT2D eigenvalue weighted by Gasteiger charge is 2.11. The Bertz CT molecular complexity index is 824. The van der Waals surface area contributed by atoms with Gasteiger partial charge in [-0.15, -0.1) is 0 Å². The number of carboxylic acid groups (broad SMARTS) is 1. The Balaban J connectivity index is 2.11. The van der Waals surface area contributed by atoms with Gasteiger partial charge < -0.3 is 5.11 Å². The minimum atomic E-state index is -0.899. The molecule has 21 heavy (non-hydrogen) atoms. The molecule has 3 heteroatoms. The Hall–Kier alpha value is -2.32. The second-order valence-electron chi connectivity index (χ2n) is 4.89. The molecule has 0 bridgehead atoms. The Morgan fingerprint density at radius 2 is 1.52 bits per heavy atom. The molecule has 0 saturated heterocycles. The van der Waals surface area contributed by atoms with Gasteiger partial charge in [0, 0.05) is 10.4 Å². The SMILES string of the molecule is O=C(O)c1ccccc1Cc1cccc2c(Cl)cccc12. The Kier molecular flexibility index (Phi) is 3.63. The number of hydrogen-bond donors (Lipinski definition) is 1. The molecule has 0 unspecified atom stereocenters. The highest BCUT2D eigenvalue weighted by molar-refractivity contribution is 6.35. The van der Waals surface area contributed by atoms with Crippen LogP contribution >= 0.6 is 11.6 Å². The molecule has 0 aromatic heterocycles. The third-order valence-corrected chi connectivity index (χ3v) is 3.92. The van der Waals surface area contributed by atoms with E-state index in [0.717, 1.165) is 21.9 Å². The summed E-state index contributed by atoms with van der Waals surface area (Å²) in [5.74, 6) is -0.899. The van der Waals surface area contributed by atoms with Gasteiger partial charge in [-0.2, -0.15) is 0 Å². The van der Waals surface area contributed by atoms with Crippen molar-refractivity contribution in [2.75, 3.05) is 0 Å². The third-order valence-electron chi connectivity index (χ3n) is 3.59. The first-order chi connectivity index (χ1) is 10.2. The molecular weight excluding hydrogens is 284 g/mol. The average molecular weight is 297 g/mol. The molecule has 0 spiro atoms. The summed E-state index contributed by atoms with van der Waals surface area (Å²) in [6, 6.07) is 18.8. The Labute approximate surface area is 127 Å². The van der Waals surface area contributed by atoms with E-state index in [2.05, 4.69) is 0 Å². The normalized spacial score (nSPS) is 10.7. The van der Waals surface area contributed by atoms with Crippen molar-refractivity contribution < 1.29 is 9.90 Å². The van der Waals surface area contributed by atoms with Crippen molar-refractivity contribution in [1.82, 2.24) is 0 Å². The van der Waals surface area contributed by atoms with Crippen molar-refractivity contribution in [3.05, 3.63) is 82.4 Å². The van der Waals surface area contributed by atoms with Crippen molar-refractivity contribution in [1.29, 1.82) is 0 Å². The molecule has 0 aliphatic carbocycles. The maximum atomic E-state index is 11.3. The van der Waals surface area contributed by atoms with Gasteiger partial charge in [0.05, 0.1) is 5.56 Å². The number of fused-ring (bicyclic) bond motifs is 1. The molecule has 3 aromatic carbocycles. The molecule has 0 atom stereocenters.